The van der Waals surface area contributed by atoms with Crippen molar-refractivity contribution >= 4 is 22.7 Å². The van der Waals surface area contributed by atoms with Crippen LogP contribution >= 0.6 is 0 Å². The summed E-state index contributed by atoms with van der Waals surface area (Å²) in [5.74, 6) is 0.313. The highest BCUT2D eigenvalue weighted by Gasteiger charge is 2.20. The Labute approximate surface area is 176 Å². The largest absolute Gasteiger partial charge is 0.335 e. The Hall–Kier alpha value is -4.40. The Kier molecular flexibility index (Phi) is 4.47. The third kappa shape index (κ3) is 3.42. The number of tetrazole rings is 1. The fraction of sp³-hybridized carbons (Fsp3) is 0.0909. The zero-order valence-corrected chi connectivity index (χ0v) is 16.8. The number of hydrogen-bond donors (Lipinski definition) is 1. The van der Waals surface area contributed by atoms with Gasteiger partial charge in [-0.1, -0.05) is 47.6 Å². The maximum atomic E-state index is 13.3. The maximum absolute atomic E-state index is 13.3. The van der Waals surface area contributed by atoms with Crippen molar-refractivity contribution in [3.63, 3.8) is 0 Å². The van der Waals surface area contributed by atoms with Gasteiger partial charge in [0.2, 0.25) is 0 Å². The molecular weight excluding hydrogens is 394 g/mol. The molecular formula is C22H17N7O2. The molecule has 31 heavy (non-hydrogen) atoms. The number of hydrogen-bond acceptors (Lipinski definition) is 7. The van der Waals surface area contributed by atoms with Crippen molar-refractivity contribution in [1.29, 1.82) is 0 Å². The van der Waals surface area contributed by atoms with E-state index in [1.54, 1.807) is 24.7 Å². The predicted octanol–water partition coefficient (Wildman–Crippen LogP) is 3.64. The number of pyridine rings is 1. The summed E-state index contributed by atoms with van der Waals surface area (Å²) in [5.41, 5.74) is 4.28. The third-order valence-corrected chi connectivity index (χ3v) is 4.93. The van der Waals surface area contributed by atoms with Crippen LogP contribution in [-0.4, -0.2) is 36.3 Å². The zero-order valence-electron chi connectivity index (χ0n) is 16.8. The Bertz CT molecular complexity index is 1410. The van der Waals surface area contributed by atoms with Crippen molar-refractivity contribution in [2.24, 2.45) is 7.05 Å². The monoisotopic (exact) mass is 411 g/mol. The van der Waals surface area contributed by atoms with Gasteiger partial charge >= 0.3 is 0 Å². The van der Waals surface area contributed by atoms with E-state index in [4.69, 9.17) is 4.52 Å². The summed E-state index contributed by atoms with van der Waals surface area (Å²) in [5, 5.41) is 19.1. The van der Waals surface area contributed by atoms with Gasteiger partial charge in [-0.2, -0.15) is 0 Å². The molecule has 0 fully saturated rings. The average Bonchev–Trinajstić information content (AvgIpc) is 3.39. The van der Waals surface area contributed by atoms with Crippen LogP contribution in [0.15, 0.2) is 65.2 Å². The minimum absolute atomic E-state index is 0.288. The molecule has 5 rings (SSSR count). The van der Waals surface area contributed by atoms with E-state index in [2.05, 4.69) is 31.0 Å². The van der Waals surface area contributed by atoms with Gasteiger partial charge in [-0.3, -0.25) is 4.79 Å². The first-order valence-electron chi connectivity index (χ1n) is 9.57. The molecule has 2 aromatic carbocycles. The molecule has 1 amide bonds. The summed E-state index contributed by atoms with van der Waals surface area (Å²) < 4.78 is 6.94. The standard InChI is InChI=1S/C22H17N7O2/c1-13-19-17(12-18(24-22(19)31-26-13)14-7-4-3-5-8-14)21(30)23-16-10-6-9-15(11-16)20-25-27-28-29(20)2/h3-12H,1-2H3,(H,23,30). The van der Waals surface area contributed by atoms with Gasteiger partial charge in [0.1, 0.15) is 0 Å². The molecule has 0 unspecified atom stereocenters. The first kappa shape index (κ1) is 18.6. The predicted molar refractivity (Wildman–Crippen MR) is 114 cm³/mol. The van der Waals surface area contributed by atoms with Crippen molar-refractivity contribution in [3.05, 3.63) is 71.9 Å². The molecule has 0 atom stereocenters. The molecule has 5 aromatic rings. The number of carbonyl (C=O) groups excluding carboxylic acids is 1. The van der Waals surface area contributed by atoms with Crippen LogP contribution in [0.25, 0.3) is 33.7 Å². The second-order valence-electron chi connectivity index (χ2n) is 7.03. The summed E-state index contributed by atoms with van der Waals surface area (Å²) in [7, 11) is 1.76. The second-order valence-corrected chi connectivity index (χ2v) is 7.03. The number of aryl methyl sites for hydroxylation is 2. The van der Waals surface area contributed by atoms with Crippen molar-refractivity contribution in [3.8, 4) is 22.6 Å². The van der Waals surface area contributed by atoms with Gasteiger partial charge in [-0.05, 0) is 35.5 Å². The smallest absolute Gasteiger partial charge is 0.259 e. The van der Waals surface area contributed by atoms with E-state index in [0.717, 1.165) is 11.1 Å². The first-order valence-corrected chi connectivity index (χ1v) is 9.57. The topological polar surface area (TPSA) is 112 Å². The molecule has 0 bridgehead atoms. The van der Waals surface area contributed by atoms with Gasteiger partial charge in [-0.15, -0.1) is 5.10 Å². The molecule has 0 aliphatic rings. The normalized spacial score (nSPS) is 11.0. The van der Waals surface area contributed by atoms with Gasteiger partial charge in [-0.25, -0.2) is 9.67 Å². The molecule has 3 heterocycles. The van der Waals surface area contributed by atoms with E-state index in [0.29, 0.717) is 39.6 Å². The number of fused-ring (bicyclic) bond motifs is 1. The number of amides is 1. The molecule has 0 saturated heterocycles. The Morgan fingerprint density at radius 1 is 1.03 bits per heavy atom. The lowest BCUT2D eigenvalue weighted by Crippen LogP contribution is -2.13. The van der Waals surface area contributed by atoms with E-state index in [9.17, 15) is 4.79 Å². The number of nitrogens with zero attached hydrogens (tertiary/aromatic N) is 6. The van der Waals surface area contributed by atoms with Crippen LogP contribution in [0.1, 0.15) is 16.1 Å². The Morgan fingerprint density at radius 2 is 1.84 bits per heavy atom. The van der Waals surface area contributed by atoms with Crippen LogP contribution in [0.5, 0.6) is 0 Å². The lowest BCUT2D eigenvalue weighted by atomic mass is 10.0. The van der Waals surface area contributed by atoms with Gasteiger partial charge in [0.15, 0.2) is 5.82 Å². The molecule has 3 aromatic heterocycles. The highest BCUT2D eigenvalue weighted by atomic mass is 16.5. The van der Waals surface area contributed by atoms with Gasteiger partial charge in [0.25, 0.3) is 11.6 Å². The Balaban J connectivity index is 1.54. The molecule has 0 radical (unpaired) electrons. The summed E-state index contributed by atoms with van der Waals surface area (Å²) in [4.78, 5) is 17.8. The molecule has 0 spiro atoms. The van der Waals surface area contributed by atoms with Crippen LogP contribution in [0, 0.1) is 6.92 Å². The highest BCUT2D eigenvalue weighted by Crippen LogP contribution is 2.28. The molecule has 0 saturated carbocycles. The molecule has 9 nitrogen and oxygen atoms in total. The van der Waals surface area contributed by atoms with E-state index in [1.165, 1.54) is 0 Å². The van der Waals surface area contributed by atoms with Crippen molar-refractivity contribution in [2.45, 2.75) is 6.92 Å². The van der Waals surface area contributed by atoms with E-state index in [1.807, 2.05) is 54.6 Å². The SMILES string of the molecule is Cc1noc2nc(-c3ccccc3)cc(C(=O)Nc3cccc(-c4nnnn4C)c3)c12. The molecule has 152 valence electrons. The molecule has 1 N–H and O–H groups in total. The lowest BCUT2D eigenvalue weighted by Gasteiger charge is -2.09. The molecule has 0 aliphatic heterocycles. The zero-order chi connectivity index (χ0) is 21.4. The number of carbonyl (C=O) groups is 1. The number of anilines is 1. The van der Waals surface area contributed by atoms with Crippen LogP contribution in [0.2, 0.25) is 0 Å². The Morgan fingerprint density at radius 3 is 2.61 bits per heavy atom. The third-order valence-electron chi connectivity index (χ3n) is 4.93. The summed E-state index contributed by atoms with van der Waals surface area (Å²) >= 11 is 0. The van der Waals surface area contributed by atoms with Gasteiger partial charge in [0.05, 0.1) is 22.3 Å². The number of nitrogens with one attached hydrogen (secondary N) is 1. The highest BCUT2D eigenvalue weighted by molar-refractivity contribution is 6.13. The van der Waals surface area contributed by atoms with Crippen LogP contribution in [-0.2, 0) is 7.05 Å². The van der Waals surface area contributed by atoms with E-state index < -0.39 is 0 Å². The minimum atomic E-state index is -0.288. The van der Waals surface area contributed by atoms with Crippen molar-refractivity contribution < 1.29 is 9.32 Å². The number of benzene rings is 2. The number of aromatic nitrogens is 6. The minimum Gasteiger partial charge on any atom is -0.335 e. The van der Waals surface area contributed by atoms with Crippen LogP contribution < -0.4 is 5.32 Å². The van der Waals surface area contributed by atoms with Gasteiger partial charge in [0, 0.05) is 23.9 Å². The quantitative estimate of drug-likeness (QED) is 0.480. The molecule has 9 heteroatoms. The fourth-order valence-electron chi connectivity index (χ4n) is 3.44. The average molecular weight is 411 g/mol. The van der Waals surface area contributed by atoms with E-state index >= 15 is 0 Å². The van der Waals surface area contributed by atoms with E-state index in [-0.39, 0.29) is 5.91 Å². The number of rotatable bonds is 4. The maximum Gasteiger partial charge on any atom is 0.259 e. The molecule has 0 aliphatic carbocycles. The van der Waals surface area contributed by atoms with Crippen molar-refractivity contribution in [1.82, 2.24) is 30.3 Å². The van der Waals surface area contributed by atoms with Crippen LogP contribution in [0.3, 0.4) is 0 Å². The summed E-state index contributed by atoms with van der Waals surface area (Å²) in [6, 6.07) is 18.7. The lowest BCUT2D eigenvalue weighted by molar-refractivity contribution is 0.102. The van der Waals surface area contributed by atoms with Crippen LogP contribution in [0.4, 0.5) is 5.69 Å². The van der Waals surface area contributed by atoms with Crippen molar-refractivity contribution in [2.75, 3.05) is 5.32 Å². The summed E-state index contributed by atoms with van der Waals surface area (Å²) in [6.07, 6.45) is 0. The summed E-state index contributed by atoms with van der Waals surface area (Å²) in [6.45, 7) is 1.79. The second kappa shape index (κ2) is 7.45. The first-order chi connectivity index (χ1) is 15.1. The van der Waals surface area contributed by atoms with Gasteiger partial charge < -0.3 is 9.84 Å². The fourth-order valence-corrected chi connectivity index (χ4v) is 3.44.